The summed E-state index contributed by atoms with van der Waals surface area (Å²) in [5.74, 6) is -0.484. The first-order valence-electron chi connectivity index (χ1n) is 8.77. The summed E-state index contributed by atoms with van der Waals surface area (Å²) in [7, 11) is 0. The van der Waals surface area contributed by atoms with Crippen LogP contribution in [0.15, 0.2) is 35.4 Å². The molecule has 1 saturated heterocycles. The first-order chi connectivity index (χ1) is 12.5. The summed E-state index contributed by atoms with van der Waals surface area (Å²) >= 11 is 0. The van der Waals surface area contributed by atoms with E-state index in [1.807, 2.05) is 6.92 Å². The maximum Gasteiger partial charge on any atom is 0.246 e. The van der Waals surface area contributed by atoms with Gasteiger partial charge in [0.2, 0.25) is 11.8 Å². The number of likely N-dealkylation sites (N-methyl/N-ethyl adjacent to an activating group) is 1. The smallest absolute Gasteiger partial charge is 0.246 e. The molecular formula is C19H22FN3O3. The lowest BCUT2D eigenvalue weighted by molar-refractivity contribution is -0.138. The molecule has 0 radical (unpaired) electrons. The zero-order chi connectivity index (χ0) is 18.7. The maximum atomic E-state index is 13.3. The van der Waals surface area contributed by atoms with Crippen molar-refractivity contribution in [3.05, 3.63) is 42.4 Å². The van der Waals surface area contributed by atoms with Crippen molar-refractivity contribution >= 4 is 22.8 Å². The number of hydrogen-bond donors (Lipinski definition) is 0. The lowest BCUT2D eigenvalue weighted by Gasteiger charge is -2.32. The molecule has 1 aliphatic heterocycles. The summed E-state index contributed by atoms with van der Waals surface area (Å²) in [5.41, 5.74) is 1.27. The number of rotatable bonds is 5. The number of carbonyl (C=O) groups is 2. The number of carbonyl (C=O) groups excluding carboxylic acids is 2. The van der Waals surface area contributed by atoms with Crippen LogP contribution in [0.4, 0.5) is 4.39 Å². The van der Waals surface area contributed by atoms with E-state index in [-0.39, 0.29) is 30.1 Å². The zero-order valence-electron chi connectivity index (χ0n) is 14.8. The van der Waals surface area contributed by atoms with Gasteiger partial charge in [0.25, 0.3) is 0 Å². The number of likely N-dealkylation sites (tertiary alicyclic amines) is 1. The van der Waals surface area contributed by atoms with Gasteiger partial charge in [0, 0.05) is 37.0 Å². The van der Waals surface area contributed by atoms with Crippen LogP contribution in [0.1, 0.15) is 31.4 Å². The Labute approximate surface area is 151 Å². The van der Waals surface area contributed by atoms with Gasteiger partial charge in [-0.1, -0.05) is 11.7 Å². The molecule has 26 heavy (non-hydrogen) atoms. The topological polar surface area (TPSA) is 66.7 Å². The number of fused-ring (bicyclic) bond motifs is 1. The highest BCUT2D eigenvalue weighted by molar-refractivity contribution is 5.91. The van der Waals surface area contributed by atoms with Crippen LogP contribution in [0.2, 0.25) is 0 Å². The molecule has 1 aliphatic rings. The minimum absolute atomic E-state index is 0.0624. The van der Waals surface area contributed by atoms with E-state index in [2.05, 4.69) is 11.7 Å². The molecule has 0 unspecified atom stereocenters. The van der Waals surface area contributed by atoms with E-state index in [1.54, 1.807) is 11.0 Å². The largest absolute Gasteiger partial charge is 0.356 e. The Balaban J connectivity index is 1.62. The van der Waals surface area contributed by atoms with Gasteiger partial charge in [-0.05, 0) is 38.0 Å². The SMILES string of the molecule is C=CC(=O)N(CC)CC(=O)N1CCC(c2noc3cc(F)ccc23)CC1. The molecule has 0 aliphatic carbocycles. The number of hydrogen-bond acceptors (Lipinski definition) is 4. The van der Waals surface area contributed by atoms with Gasteiger partial charge < -0.3 is 14.3 Å². The zero-order valence-corrected chi connectivity index (χ0v) is 14.8. The first kappa shape index (κ1) is 18.1. The van der Waals surface area contributed by atoms with Gasteiger partial charge in [-0.15, -0.1) is 0 Å². The van der Waals surface area contributed by atoms with Crippen LogP contribution in [0.25, 0.3) is 11.0 Å². The minimum atomic E-state index is -0.352. The summed E-state index contributed by atoms with van der Waals surface area (Å²) in [6.07, 6.45) is 2.74. The third kappa shape index (κ3) is 3.61. The van der Waals surface area contributed by atoms with E-state index in [4.69, 9.17) is 4.52 Å². The lowest BCUT2D eigenvalue weighted by atomic mass is 9.91. The van der Waals surface area contributed by atoms with Crippen LogP contribution in [0.5, 0.6) is 0 Å². The van der Waals surface area contributed by atoms with Gasteiger partial charge in [0.1, 0.15) is 5.82 Å². The monoisotopic (exact) mass is 359 g/mol. The number of aromatic nitrogens is 1. The second-order valence-corrected chi connectivity index (χ2v) is 6.42. The summed E-state index contributed by atoms with van der Waals surface area (Å²) in [4.78, 5) is 27.4. The third-order valence-electron chi connectivity index (χ3n) is 4.89. The molecule has 0 saturated carbocycles. The molecule has 2 heterocycles. The number of amides is 2. The fourth-order valence-corrected chi connectivity index (χ4v) is 3.37. The Morgan fingerprint density at radius 2 is 2.15 bits per heavy atom. The van der Waals surface area contributed by atoms with Crippen molar-refractivity contribution in [3.63, 3.8) is 0 Å². The highest BCUT2D eigenvalue weighted by Crippen LogP contribution is 2.32. The molecule has 0 bridgehead atoms. The molecule has 1 aromatic carbocycles. The van der Waals surface area contributed by atoms with E-state index >= 15 is 0 Å². The summed E-state index contributed by atoms with van der Waals surface area (Å²) in [6, 6.07) is 4.42. The van der Waals surface area contributed by atoms with Crippen LogP contribution >= 0.6 is 0 Å². The Morgan fingerprint density at radius 3 is 2.81 bits per heavy atom. The number of piperidine rings is 1. The lowest BCUT2D eigenvalue weighted by Crippen LogP contribution is -2.45. The van der Waals surface area contributed by atoms with Crippen molar-refractivity contribution in [1.82, 2.24) is 15.0 Å². The van der Waals surface area contributed by atoms with E-state index in [0.717, 1.165) is 23.9 Å². The van der Waals surface area contributed by atoms with Crippen molar-refractivity contribution in [3.8, 4) is 0 Å². The van der Waals surface area contributed by atoms with Crippen molar-refractivity contribution in [2.24, 2.45) is 0 Å². The third-order valence-corrected chi connectivity index (χ3v) is 4.89. The maximum absolute atomic E-state index is 13.3. The van der Waals surface area contributed by atoms with Crippen LogP contribution in [0.3, 0.4) is 0 Å². The van der Waals surface area contributed by atoms with E-state index < -0.39 is 0 Å². The predicted octanol–water partition coefficient (Wildman–Crippen LogP) is 2.71. The second-order valence-electron chi connectivity index (χ2n) is 6.42. The first-order valence-corrected chi connectivity index (χ1v) is 8.77. The standard InChI is InChI=1S/C19H22FN3O3/c1-3-17(24)22(4-2)12-18(25)23-9-7-13(8-10-23)19-15-6-5-14(20)11-16(15)26-21-19/h3,5-6,11,13H,1,4,7-10,12H2,2H3. The fourth-order valence-electron chi connectivity index (χ4n) is 3.37. The van der Waals surface area contributed by atoms with Crippen LogP contribution in [-0.2, 0) is 9.59 Å². The Morgan fingerprint density at radius 1 is 1.42 bits per heavy atom. The van der Waals surface area contributed by atoms with Crippen LogP contribution in [-0.4, -0.2) is 52.9 Å². The Hall–Kier alpha value is -2.70. The molecule has 1 aromatic heterocycles. The Bertz CT molecular complexity index is 825. The quantitative estimate of drug-likeness (QED) is 0.770. The number of nitrogens with zero attached hydrogens (tertiary/aromatic N) is 3. The molecule has 6 nitrogen and oxygen atoms in total. The van der Waals surface area contributed by atoms with Crippen LogP contribution < -0.4 is 0 Å². The molecule has 138 valence electrons. The average molecular weight is 359 g/mol. The van der Waals surface area contributed by atoms with E-state index in [0.29, 0.717) is 25.2 Å². The molecule has 2 aromatic rings. The molecule has 0 N–H and O–H groups in total. The normalized spacial score (nSPS) is 15.2. The number of benzene rings is 1. The highest BCUT2D eigenvalue weighted by Gasteiger charge is 2.28. The van der Waals surface area contributed by atoms with Gasteiger partial charge in [-0.25, -0.2) is 4.39 Å². The predicted molar refractivity (Wildman–Crippen MR) is 95.0 cm³/mol. The number of halogens is 1. The Kier molecular flexibility index (Phi) is 5.35. The van der Waals surface area contributed by atoms with Gasteiger partial charge in [-0.2, -0.15) is 0 Å². The van der Waals surface area contributed by atoms with Gasteiger partial charge in [-0.3, -0.25) is 9.59 Å². The minimum Gasteiger partial charge on any atom is -0.356 e. The van der Waals surface area contributed by atoms with Gasteiger partial charge >= 0.3 is 0 Å². The molecule has 0 spiro atoms. The average Bonchev–Trinajstić information content (AvgIpc) is 3.08. The van der Waals surface area contributed by atoms with Crippen molar-refractivity contribution in [2.75, 3.05) is 26.2 Å². The van der Waals surface area contributed by atoms with E-state index in [9.17, 15) is 14.0 Å². The van der Waals surface area contributed by atoms with Crippen LogP contribution in [0, 0.1) is 5.82 Å². The van der Waals surface area contributed by atoms with Crippen molar-refractivity contribution < 1.29 is 18.5 Å². The highest BCUT2D eigenvalue weighted by atomic mass is 19.1. The molecule has 0 atom stereocenters. The van der Waals surface area contributed by atoms with E-state index in [1.165, 1.54) is 23.1 Å². The summed E-state index contributed by atoms with van der Waals surface area (Å²) < 4.78 is 18.5. The molecule has 7 heteroatoms. The fraction of sp³-hybridized carbons (Fsp3) is 0.421. The summed E-state index contributed by atoms with van der Waals surface area (Å²) in [6.45, 7) is 7.02. The molecular weight excluding hydrogens is 337 g/mol. The molecule has 2 amide bonds. The van der Waals surface area contributed by atoms with Crippen molar-refractivity contribution in [1.29, 1.82) is 0 Å². The second kappa shape index (κ2) is 7.68. The van der Waals surface area contributed by atoms with Gasteiger partial charge in [0.15, 0.2) is 5.58 Å². The van der Waals surface area contributed by atoms with Crippen molar-refractivity contribution in [2.45, 2.75) is 25.7 Å². The molecule has 3 rings (SSSR count). The van der Waals surface area contributed by atoms with Gasteiger partial charge in [0.05, 0.1) is 12.2 Å². The molecule has 1 fully saturated rings. The summed E-state index contributed by atoms with van der Waals surface area (Å²) in [5, 5.41) is 4.94.